The number of hydrogen-bond acceptors (Lipinski definition) is 3. The summed E-state index contributed by atoms with van der Waals surface area (Å²) in [5.41, 5.74) is 0.410. The van der Waals surface area contributed by atoms with E-state index in [0.29, 0.717) is 23.9 Å². The molecule has 5 heteroatoms. The summed E-state index contributed by atoms with van der Waals surface area (Å²) in [5.74, 6) is -0.833. The fourth-order valence-electron chi connectivity index (χ4n) is 3.73. The van der Waals surface area contributed by atoms with Crippen LogP contribution in [0.3, 0.4) is 0 Å². The number of aromatic carboxylic acids is 1. The monoisotopic (exact) mass is 292 g/mol. The van der Waals surface area contributed by atoms with Gasteiger partial charge in [-0.15, -0.1) is 0 Å². The maximum atomic E-state index is 11.2. The smallest absolute Gasteiger partial charge is 0.352 e. The molecule has 2 atom stereocenters. The van der Waals surface area contributed by atoms with E-state index >= 15 is 0 Å². The third kappa shape index (κ3) is 3.14. The highest BCUT2D eigenvalue weighted by Gasteiger charge is 2.29. The van der Waals surface area contributed by atoms with Crippen molar-refractivity contribution in [3.8, 4) is 0 Å². The third-order valence-corrected chi connectivity index (χ3v) is 4.86. The SMILES string of the molecule is CC1CC(N2CCC(n3cccc3C(=O)O)CC2)CCO1. The van der Waals surface area contributed by atoms with Gasteiger partial charge in [0, 0.05) is 38.0 Å². The van der Waals surface area contributed by atoms with E-state index in [1.807, 2.05) is 16.8 Å². The van der Waals surface area contributed by atoms with Gasteiger partial charge >= 0.3 is 5.97 Å². The molecular formula is C16H24N2O3. The Balaban J connectivity index is 1.60. The van der Waals surface area contributed by atoms with Crippen molar-refractivity contribution in [2.75, 3.05) is 19.7 Å². The minimum Gasteiger partial charge on any atom is -0.477 e. The number of carboxylic acids is 1. The van der Waals surface area contributed by atoms with Gasteiger partial charge in [-0.3, -0.25) is 0 Å². The third-order valence-electron chi connectivity index (χ3n) is 4.86. The minimum atomic E-state index is -0.833. The molecule has 0 spiro atoms. The van der Waals surface area contributed by atoms with E-state index in [4.69, 9.17) is 4.74 Å². The molecule has 116 valence electrons. The summed E-state index contributed by atoms with van der Waals surface area (Å²) in [6, 6.07) is 4.48. The van der Waals surface area contributed by atoms with Crippen molar-refractivity contribution >= 4 is 5.97 Å². The van der Waals surface area contributed by atoms with Crippen LogP contribution in [0.15, 0.2) is 18.3 Å². The van der Waals surface area contributed by atoms with Crippen molar-refractivity contribution in [2.45, 2.75) is 50.8 Å². The van der Waals surface area contributed by atoms with Crippen molar-refractivity contribution < 1.29 is 14.6 Å². The first-order valence-corrected chi connectivity index (χ1v) is 7.91. The quantitative estimate of drug-likeness (QED) is 0.929. The van der Waals surface area contributed by atoms with Crippen LogP contribution in [0, 0.1) is 0 Å². The minimum absolute atomic E-state index is 0.319. The zero-order chi connectivity index (χ0) is 14.8. The largest absolute Gasteiger partial charge is 0.477 e. The Morgan fingerprint density at radius 3 is 2.71 bits per heavy atom. The van der Waals surface area contributed by atoms with E-state index in [0.717, 1.165) is 45.4 Å². The molecule has 0 aromatic carbocycles. The van der Waals surface area contributed by atoms with Crippen molar-refractivity contribution in [3.05, 3.63) is 24.0 Å². The Kier molecular flexibility index (Phi) is 4.31. The zero-order valence-corrected chi connectivity index (χ0v) is 12.6. The molecule has 0 aliphatic carbocycles. The van der Waals surface area contributed by atoms with Gasteiger partial charge in [0.15, 0.2) is 0 Å². The van der Waals surface area contributed by atoms with Gasteiger partial charge in [-0.25, -0.2) is 4.79 Å². The molecule has 1 N–H and O–H groups in total. The summed E-state index contributed by atoms with van der Waals surface area (Å²) < 4.78 is 7.56. The van der Waals surface area contributed by atoms with Gasteiger partial charge in [0.05, 0.1) is 6.10 Å². The number of nitrogens with zero attached hydrogens (tertiary/aromatic N) is 2. The Hall–Kier alpha value is -1.33. The van der Waals surface area contributed by atoms with Gasteiger partial charge in [0.25, 0.3) is 0 Å². The Labute approximate surface area is 125 Å². The molecule has 0 amide bonds. The van der Waals surface area contributed by atoms with Crippen LogP contribution in [0.25, 0.3) is 0 Å². The van der Waals surface area contributed by atoms with E-state index in [2.05, 4.69) is 11.8 Å². The fourth-order valence-corrected chi connectivity index (χ4v) is 3.73. The van der Waals surface area contributed by atoms with Crippen LogP contribution < -0.4 is 0 Å². The molecule has 2 aliphatic heterocycles. The maximum Gasteiger partial charge on any atom is 0.352 e. The second kappa shape index (κ2) is 6.20. The van der Waals surface area contributed by atoms with Gasteiger partial charge in [-0.1, -0.05) is 0 Å². The lowest BCUT2D eigenvalue weighted by atomic mass is 9.97. The molecule has 21 heavy (non-hydrogen) atoms. The molecule has 5 nitrogen and oxygen atoms in total. The number of hydrogen-bond donors (Lipinski definition) is 1. The van der Waals surface area contributed by atoms with E-state index in [-0.39, 0.29) is 0 Å². The number of carbonyl (C=O) groups is 1. The standard InChI is InChI=1S/C16H24N2O3/c1-12-11-14(6-10-21-12)17-8-4-13(5-9-17)18-7-2-3-15(18)16(19)20/h2-3,7,12-14H,4-6,8-11H2,1H3,(H,19,20). The first-order chi connectivity index (χ1) is 10.1. The summed E-state index contributed by atoms with van der Waals surface area (Å²) in [6.07, 6.45) is 6.57. The molecule has 3 rings (SSSR count). The predicted octanol–water partition coefficient (Wildman–Crippen LogP) is 2.39. The summed E-state index contributed by atoms with van der Waals surface area (Å²) in [7, 11) is 0. The summed E-state index contributed by atoms with van der Waals surface area (Å²) in [5, 5.41) is 9.23. The van der Waals surface area contributed by atoms with Crippen LogP contribution in [-0.4, -0.2) is 52.4 Å². The maximum absolute atomic E-state index is 11.2. The van der Waals surface area contributed by atoms with Crippen molar-refractivity contribution in [1.29, 1.82) is 0 Å². The van der Waals surface area contributed by atoms with Gasteiger partial charge < -0.3 is 19.3 Å². The molecule has 1 aromatic heterocycles. The van der Waals surface area contributed by atoms with E-state index < -0.39 is 5.97 Å². The number of ether oxygens (including phenoxy) is 1. The second-order valence-corrected chi connectivity index (χ2v) is 6.23. The van der Waals surface area contributed by atoms with E-state index in [1.54, 1.807) is 6.07 Å². The van der Waals surface area contributed by atoms with Crippen LogP contribution >= 0.6 is 0 Å². The van der Waals surface area contributed by atoms with Crippen LogP contribution in [0.2, 0.25) is 0 Å². The van der Waals surface area contributed by atoms with Gasteiger partial charge in [-0.05, 0) is 44.7 Å². The number of piperidine rings is 1. The van der Waals surface area contributed by atoms with E-state index in [9.17, 15) is 9.90 Å². The van der Waals surface area contributed by atoms with Crippen molar-refractivity contribution in [2.24, 2.45) is 0 Å². The zero-order valence-electron chi connectivity index (χ0n) is 12.6. The van der Waals surface area contributed by atoms with Crippen LogP contribution in [0.1, 0.15) is 49.1 Å². The number of likely N-dealkylation sites (tertiary alicyclic amines) is 1. The lowest BCUT2D eigenvalue weighted by molar-refractivity contribution is -0.0242. The number of aromatic nitrogens is 1. The average molecular weight is 292 g/mol. The van der Waals surface area contributed by atoms with Crippen LogP contribution in [0.4, 0.5) is 0 Å². The highest BCUT2D eigenvalue weighted by atomic mass is 16.5. The summed E-state index contributed by atoms with van der Waals surface area (Å²) in [4.78, 5) is 13.8. The fraction of sp³-hybridized carbons (Fsp3) is 0.688. The Morgan fingerprint density at radius 1 is 1.29 bits per heavy atom. The number of carboxylic acid groups (broad SMARTS) is 1. The topological polar surface area (TPSA) is 54.7 Å². The summed E-state index contributed by atoms with van der Waals surface area (Å²) >= 11 is 0. The predicted molar refractivity (Wildman–Crippen MR) is 79.7 cm³/mol. The molecule has 2 fully saturated rings. The first kappa shape index (κ1) is 14.6. The molecule has 0 bridgehead atoms. The van der Waals surface area contributed by atoms with Crippen molar-refractivity contribution in [1.82, 2.24) is 9.47 Å². The van der Waals surface area contributed by atoms with E-state index in [1.165, 1.54) is 0 Å². The van der Waals surface area contributed by atoms with Crippen LogP contribution in [-0.2, 0) is 4.74 Å². The molecular weight excluding hydrogens is 268 g/mol. The molecule has 3 heterocycles. The molecule has 0 saturated carbocycles. The highest BCUT2D eigenvalue weighted by molar-refractivity contribution is 5.85. The normalized spacial score (nSPS) is 28.6. The lowest BCUT2D eigenvalue weighted by Gasteiger charge is -2.41. The van der Waals surface area contributed by atoms with Crippen LogP contribution in [0.5, 0.6) is 0 Å². The second-order valence-electron chi connectivity index (χ2n) is 6.23. The Bertz CT molecular complexity index is 491. The van der Waals surface area contributed by atoms with Gasteiger partial charge in [-0.2, -0.15) is 0 Å². The molecule has 2 unspecified atom stereocenters. The summed E-state index contributed by atoms with van der Waals surface area (Å²) in [6.45, 7) is 5.13. The highest BCUT2D eigenvalue weighted by Crippen LogP contribution is 2.28. The molecule has 2 saturated heterocycles. The molecule has 0 radical (unpaired) electrons. The molecule has 1 aromatic rings. The Morgan fingerprint density at radius 2 is 2.05 bits per heavy atom. The first-order valence-electron chi connectivity index (χ1n) is 7.91. The molecule has 2 aliphatic rings. The van der Waals surface area contributed by atoms with Crippen molar-refractivity contribution in [3.63, 3.8) is 0 Å². The average Bonchev–Trinajstić information content (AvgIpc) is 2.97. The van der Waals surface area contributed by atoms with Gasteiger partial charge in [0.2, 0.25) is 0 Å². The number of rotatable bonds is 3. The van der Waals surface area contributed by atoms with Gasteiger partial charge in [0.1, 0.15) is 5.69 Å². The lowest BCUT2D eigenvalue weighted by Crippen LogP contribution is -2.46.